The van der Waals surface area contributed by atoms with Crippen LogP contribution in [0.5, 0.6) is 11.5 Å². The van der Waals surface area contributed by atoms with Crippen molar-refractivity contribution in [3.63, 3.8) is 0 Å². The Morgan fingerprint density at radius 1 is 1.10 bits per heavy atom. The van der Waals surface area contributed by atoms with Gasteiger partial charge >= 0.3 is 0 Å². The van der Waals surface area contributed by atoms with E-state index in [-0.39, 0.29) is 21.8 Å². The maximum Gasteiger partial charge on any atom is 0.166 e. The second-order valence-corrected chi connectivity index (χ2v) is 8.77. The summed E-state index contributed by atoms with van der Waals surface area (Å²) < 4.78 is 26.5. The molecule has 2 unspecified atom stereocenters. The first-order valence-corrected chi connectivity index (χ1v) is 10.9. The SMILES string of the molecule is COc1cc2ncnc(Nc3ccc(Cl)c(Cl)c3F)c2cc1OC1CC2CNCC2C1. The highest BCUT2D eigenvalue weighted by Crippen LogP contribution is 2.41. The number of hydrogen-bond donors (Lipinski definition) is 2. The Bertz CT molecular complexity index is 1130. The Morgan fingerprint density at radius 3 is 2.61 bits per heavy atom. The number of halogens is 3. The van der Waals surface area contributed by atoms with Gasteiger partial charge in [-0.2, -0.15) is 0 Å². The number of benzene rings is 2. The third-order valence-corrected chi connectivity index (χ3v) is 6.89. The average Bonchev–Trinajstić information content (AvgIpc) is 3.36. The number of fused-ring (bicyclic) bond motifs is 2. The lowest BCUT2D eigenvalue weighted by Gasteiger charge is -2.18. The van der Waals surface area contributed by atoms with Gasteiger partial charge in [0.05, 0.1) is 34.5 Å². The van der Waals surface area contributed by atoms with Crippen molar-refractivity contribution in [1.82, 2.24) is 15.3 Å². The maximum atomic E-state index is 14.6. The number of methoxy groups -OCH3 is 1. The minimum absolute atomic E-state index is 0.136. The van der Waals surface area contributed by atoms with Gasteiger partial charge in [0, 0.05) is 11.5 Å². The summed E-state index contributed by atoms with van der Waals surface area (Å²) in [6.45, 7) is 2.10. The fraction of sp³-hybridized carbons (Fsp3) is 0.364. The highest BCUT2D eigenvalue weighted by Gasteiger charge is 2.38. The van der Waals surface area contributed by atoms with E-state index in [1.54, 1.807) is 13.2 Å². The molecule has 6 nitrogen and oxygen atoms in total. The van der Waals surface area contributed by atoms with E-state index in [0.717, 1.165) is 25.9 Å². The van der Waals surface area contributed by atoms with Gasteiger partial charge in [-0.15, -0.1) is 0 Å². The molecule has 2 fully saturated rings. The smallest absolute Gasteiger partial charge is 0.166 e. The lowest BCUT2D eigenvalue weighted by atomic mass is 10.0. The number of ether oxygens (including phenoxy) is 2. The first kappa shape index (κ1) is 20.5. The summed E-state index contributed by atoms with van der Waals surface area (Å²) >= 11 is 11.8. The summed E-state index contributed by atoms with van der Waals surface area (Å²) in [6.07, 6.45) is 3.58. The van der Waals surface area contributed by atoms with E-state index in [0.29, 0.717) is 40.1 Å². The van der Waals surface area contributed by atoms with E-state index in [1.165, 1.54) is 18.5 Å². The second-order valence-electron chi connectivity index (χ2n) is 7.98. The minimum Gasteiger partial charge on any atom is -0.493 e. The fourth-order valence-electron chi connectivity index (χ4n) is 4.55. The zero-order valence-electron chi connectivity index (χ0n) is 16.8. The van der Waals surface area contributed by atoms with Crippen molar-refractivity contribution in [2.24, 2.45) is 11.8 Å². The summed E-state index contributed by atoms with van der Waals surface area (Å²) in [5, 5.41) is 7.13. The predicted molar refractivity (Wildman–Crippen MR) is 119 cm³/mol. The third-order valence-electron chi connectivity index (χ3n) is 6.11. The zero-order valence-corrected chi connectivity index (χ0v) is 18.3. The summed E-state index contributed by atoms with van der Waals surface area (Å²) in [4.78, 5) is 8.63. The van der Waals surface area contributed by atoms with Crippen LogP contribution in [0.15, 0.2) is 30.6 Å². The maximum absolute atomic E-state index is 14.6. The molecule has 1 aliphatic carbocycles. The first-order valence-electron chi connectivity index (χ1n) is 10.1. The molecule has 2 aliphatic rings. The highest BCUT2D eigenvalue weighted by atomic mass is 35.5. The molecule has 5 rings (SSSR count). The van der Waals surface area contributed by atoms with Crippen LogP contribution in [0.3, 0.4) is 0 Å². The number of nitrogens with one attached hydrogen (secondary N) is 2. The molecule has 9 heteroatoms. The van der Waals surface area contributed by atoms with Crippen LogP contribution in [-0.4, -0.2) is 36.3 Å². The van der Waals surface area contributed by atoms with Gasteiger partial charge in [-0.25, -0.2) is 14.4 Å². The van der Waals surface area contributed by atoms with Gasteiger partial charge in [-0.1, -0.05) is 23.2 Å². The summed E-state index contributed by atoms with van der Waals surface area (Å²) in [5.41, 5.74) is 0.818. The topological polar surface area (TPSA) is 68.3 Å². The summed E-state index contributed by atoms with van der Waals surface area (Å²) in [6, 6.07) is 6.70. The van der Waals surface area contributed by atoms with Crippen molar-refractivity contribution in [1.29, 1.82) is 0 Å². The van der Waals surface area contributed by atoms with Crippen molar-refractivity contribution < 1.29 is 13.9 Å². The van der Waals surface area contributed by atoms with Gasteiger partial charge in [0.2, 0.25) is 0 Å². The van der Waals surface area contributed by atoms with Crippen molar-refractivity contribution >= 4 is 45.6 Å². The van der Waals surface area contributed by atoms with Crippen LogP contribution >= 0.6 is 23.2 Å². The monoisotopic (exact) mass is 462 g/mol. The molecular formula is C22H21Cl2FN4O2. The Balaban J connectivity index is 1.49. The van der Waals surface area contributed by atoms with Crippen LogP contribution in [0.4, 0.5) is 15.9 Å². The quantitative estimate of drug-likeness (QED) is 0.507. The molecule has 1 saturated heterocycles. The van der Waals surface area contributed by atoms with Crippen LogP contribution in [0, 0.1) is 17.7 Å². The Hall–Kier alpha value is -2.35. The number of anilines is 2. The molecule has 0 amide bonds. The normalized spacial score (nSPS) is 22.5. The van der Waals surface area contributed by atoms with Crippen molar-refractivity contribution in [2.75, 3.05) is 25.5 Å². The molecule has 3 aromatic rings. The molecule has 2 heterocycles. The first-order chi connectivity index (χ1) is 15.0. The number of nitrogens with zero attached hydrogens (tertiary/aromatic N) is 2. The summed E-state index contributed by atoms with van der Waals surface area (Å²) in [7, 11) is 1.60. The molecule has 0 radical (unpaired) electrons. The molecule has 162 valence electrons. The molecule has 0 bridgehead atoms. The van der Waals surface area contributed by atoms with E-state index < -0.39 is 5.82 Å². The van der Waals surface area contributed by atoms with Crippen LogP contribution in [0.1, 0.15) is 12.8 Å². The van der Waals surface area contributed by atoms with Gasteiger partial charge in [0.1, 0.15) is 12.1 Å². The third kappa shape index (κ3) is 3.86. The fourth-order valence-corrected chi connectivity index (χ4v) is 4.86. The Kier molecular flexibility index (Phi) is 5.50. The van der Waals surface area contributed by atoms with Crippen molar-refractivity contribution in [3.8, 4) is 11.5 Å². The number of rotatable bonds is 5. The lowest BCUT2D eigenvalue weighted by molar-refractivity contribution is 0.191. The van der Waals surface area contributed by atoms with Crippen LogP contribution < -0.4 is 20.1 Å². The van der Waals surface area contributed by atoms with Gasteiger partial charge in [-0.3, -0.25) is 0 Å². The molecule has 0 spiro atoms. The van der Waals surface area contributed by atoms with E-state index in [2.05, 4.69) is 20.6 Å². The van der Waals surface area contributed by atoms with Crippen LogP contribution in [0.25, 0.3) is 10.9 Å². The lowest BCUT2D eigenvalue weighted by Crippen LogP contribution is -2.18. The van der Waals surface area contributed by atoms with E-state index in [9.17, 15) is 4.39 Å². The molecule has 2 atom stereocenters. The van der Waals surface area contributed by atoms with Gasteiger partial charge in [-0.05, 0) is 56.0 Å². The van der Waals surface area contributed by atoms with E-state index in [4.69, 9.17) is 32.7 Å². The molecule has 1 saturated carbocycles. The molecule has 1 aromatic heterocycles. The van der Waals surface area contributed by atoms with E-state index >= 15 is 0 Å². The van der Waals surface area contributed by atoms with Crippen molar-refractivity contribution in [2.45, 2.75) is 18.9 Å². The average molecular weight is 463 g/mol. The molecule has 1 aliphatic heterocycles. The zero-order chi connectivity index (χ0) is 21.5. The molecule has 2 aromatic carbocycles. The Labute approximate surface area is 189 Å². The van der Waals surface area contributed by atoms with E-state index in [1.807, 2.05) is 6.07 Å². The minimum atomic E-state index is -0.642. The van der Waals surface area contributed by atoms with Crippen molar-refractivity contribution in [3.05, 3.63) is 46.5 Å². The number of aromatic nitrogens is 2. The second kappa shape index (κ2) is 8.30. The predicted octanol–water partition coefficient (Wildman–Crippen LogP) is 5.20. The summed E-state index contributed by atoms with van der Waals surface area (Å²) in [5.74, 6) is 2.34. The standard InChI is InChI=1S/C22H21Cl2FN4O2/c1-30-18-7-17-14(6-19(18)31-13-4-11-8-26-9-12(11)5-13)22(28-10-27-17)29-16-3-2-15(23)20(24)21(16)25/h2-3,6-7,10-13,26H,4-5,8-9H2,1H3,(H,27,28,29). The molecule has 31 heavy (non-hydrogen) atoms. The highest BCUT2D eigenvalue weighted by molar-refractivity contribution is 6.42. The van der Waals surface area contributed by atoms with Crippen LogP contribution in [0.2, 0.25) is 10.0 Å². The van der Waals surface area contributed by atoms with Gasteiger partial charge < -0.3 is 20.1 Å². The van der Waals surface area contributed by atoms with Gasteiger partial charge in [0.15, 0.2) is 17.3 Å². The largest absolute Gasteiger partial charge is 0.493 e. The molecule has 2 N–H and O–H groups in total. The van der Waals surface area contributed by atoms with Crippen LogP contribution in [-0.2, 0) is 0 Å². The molecular weight excluding hydrogens is 442 g/mol. The van der Waals surface area contributed by atoms with Gasteiger partial charge in [0.25, 0.3) is 0 Å². The number of hydrogen-bond acceptors (Lipinski definition) is 6. The Morgan fingerprint density at radius 2 is 1.87 bits per heavy atom.